The van der Waals surface area contributed by atoms with E-state index < -0.39 is 0 Å². The first-order valence-corrected chi connectivity index (χ1v) is 11.6. The topological polar surface area (TPSA) is 26.0 Å². The third-order valence-electron chi connectivity index (χ3n) is 7.75. The van der Waals surface area contributed by atoms with E-state index >= 15 is 0 Å². The summed E-state index contributed by atoms with van der Waals surface area (Å²) in [6, 6.07) is 9.69. The molecule has 1 aromatic carbocycles. The van der Waals surface area contributed by atoms with Crippen LogP contribution in [-0.4, -0.2) is 6.04 Å². The Hall–Kier alpha value is -0.790. The number of hydrogen-bond donors (Lipinski definition) is 1. The Morgan fingerprint density at radius 2 is 1.52 bits per heavy atom. The monoisotopic (exact) mass is 417 g/mol. The second kappa shape index (κ2) is 9.15. The van der Waals surface area contributed by atoms with Crippen LogP contribution in [0.25, 0.3) is 0 Å². The normalized spacial score (nSPS) is 24.3. The van der Waals surface area contributed by atoms with Gasteiger partial charge in [0.05, 0.1) is 0 Å². The van der Waals surface area contributed by atoms with E-state index in [1.807, 2.05) is 0 Å². The third-order valence-corrected chi connectivity index (χ3v) is 7.75. The predicted molar refractivity (Wildman–Crippen MR) is 130 cm³/mol. The highest BCUT2D eigenvalue weighted by Gasteiger charge is 2.39. The first kappa shape index (κ1) is 24.5. The van der Waals surface area contributed by atoms with E-state index in [1.54, 1.807) is 0 Å². The molecule has 2 N–H and O–H groups in total. The van der Waals surface area contributed by atoms with Gasteiger partial charge >= 0.3 is 0 Å². The molecule has 2 aliphatic carbocycles. The minimum Gasteiger partial charge on any atom is -0.327 e. The minimum atomic E-state index is 0. The molecular weight excluding hydrogens is 374 g/mol. The summed E-state index contributed by atoms with van der Waals surface area (Å²) in [5, 5.41) is 0. The maximum atomic E-state index is 6.47. The van der Waals surface area contributed by atoms with Crippen molar-refractivity contribution in [2.45, 2.75) is 104 Å². The van der Waals surface area contributed by atoms with Gasteiger partial charge in [0.2, 0.25) is 0 Å². The number of rotatable bonds is 5. The van der Waals surface area contributed by atoms with Gasteiger partial charge in [-0.1, -0.05) is 83.4 Å². The number of hydrogen-bond acceptors (Lipinski definition) is 1. The van der Waals surface area contributed by atoms with Gasteiger partial charge in [0.15, 0.2) is 0 Å². The van der Waals surface area contributed by atoms with Crippen LogP contribution in [0, 0.1) is 16.2 Å². The molecule has 2 fully saturated rings. The molecule has 1 aromatic rings. The zero-order valence-corrected chi connectivity index (χ0v) is 20.3. The Kier molecular flexibility index (Phi) is 7.72. The molecule has 2 aliphatic rings. The van der Waals surface area contributed by atoms with Crippen molar-refractivity contribution in [3.8, 4) is 0 Å². The first-order valence-electron chi connectivity index (χ1n) is 11.6. The molecule has 0 radical (unpaired) electrons. The van der Waals surface area contributed by atoms with E-state index in [2.05, 4.69) is 65.5 Å². The van der Waals surface area contributed by atoms with Crippen molar-refractivity contribution in [1.29, 1.82) is 0 Å². The Morgan fingerprint density at radius 3 is 2.00 bits per heavy atom. The third kappa shape index (κ3) is 5.67. The Morgan fingerprint density at radius 1 is 1.00 bits per heavy atom. The van der Waals surface area contributed by atoms with Crippen molar-refractivity contribution < 1.29 is 0 Å². The molecule has 2 heteroatoms. The molecule has 1 nitrogen and oxygen atoms in total. The standard InChI is InChI=1S/C27H43N.ClH/c1-20(27(21(2)28)14-8-7-9-15-27)16-22-10-12-23(13-11-22)24-17-25(3,4)19-26(5,6)18-24;/h10-13,21,24H,1,7-9,14-19,28H2,2-6H3;1H. The maximum Gasteiger partial charge on any atom is 0.0104 e. The summed E-state index contributed by atoms with van der Waals surface area (Å²) in [5.74, 6) is 0.685. The van der Waals surface area contributed by atoms with E-state index in [-0.39, 0.29) is 23.9 Å². The Bertz CT molecular complexity index is 661. The van der Waals surface area contributed by atoms with E-state index in [9.17, 15) is 0 Å². The summed E-state index contributed by atoms with van der Waals surface area (Å²) in [6.07, 6.45) is 11.3. The molecule has 1 unspecified atom stereocenters. The number of halogens is 1. The molecule has 0 spiro atoms. The number of benzene rings is 1. The van der Waals surface area contributed by atoms with Crippen molar-refractivity contribution in [3.63, 3.8) is 0 Å². The Balaban J connectivity index is 0.00000300. The molecule has 1 atom stereocenters. The molecule has 164 valence electrons. The van der Waals surface area contributed by atoms with Gasteiger partial charge in [0, 0.05) is 11.5 Å². The molecule has 0 saturated heterocycles. The molecule has 0 aromatic heterocycles. The average Bonchev–Trinajstić information content (AvgIpc) is 2.60. The van der Waals surface area contributed by atoms with E-state index in [1.165, 1.54) is 68.1 Å². The average molecular weight is 418 g/mol. The van der Waals surface area contributed by atoms with E-state index in [0.717, 1.165) is 6.42 Å². The lowest BCUT2D eigenvalue weighted by Gasteiger charge is -2.45. The molecular formula is C27H44ClN. The fourth-order valence-corrected chi connectivity index (χ4v) is 6.73. The minimum absolute atomic E-state index is 0. The summed E-state index contributed by atoms with van der Waals surface area (Å²) in [7, 11) is 0. The summed E-state index contributed by atoms with van der Waals surface area (Å²) < 4.78 is 0. The van der Waals surface area contributed by atoms with Gasteiger partial charge in [0.1, 0.15) is 0 Å². The van der Waals surface area contributed by atoms with Crippen LogP contribution in [0.1, 0.15) is 103 Å². The summed E-state index contributed by atoms with van der Waals surface area (Å²) >= 11 is 0. The van der Waals surface area contributed by atoms with Crippen molar-refractivity contribution >= 4 is 12.4 Å². The molecule has 0 aliphatic heterocycles. The fourth-order valence-electron chi connectivity index (χ4n) is 6.73. The van der Waals surface area contributed by atoms with Gasteiger partial charge in [-0.15, -0.1) is 12.4 Å². The van der Waals surface area contributed by atoms with Crippen LogP contribution in [0.2, 0.25) is 0 Å². The van der Waals surface area contributed by atoms with Crippen LogP contribution in [-0.2, 0) is 6.42 Å². The second-order valence-corrected chi connectivity index (χ2v) is 11.6. The molecule has 3 rings (SSSR count). The predicted octanol–water partition coefficient (Wildman–Crippen LogP) is 7.82. The summed E-state index contributed by atoms with van der Waals surface area (Å²) in [5.41, 5.74) is 11.8. The highest BCUT2D eigenvalue weighted by Crippen LogP contribution is 2.51. The van der Waals surface area contributed by atoms with Crippen LogP contribution in [0.3, 0.4) is 0 Å². The molecule has 0 bridgehead atoms. The zero-order chi connectivity index (χ0) is 20.6. The van der Waals surface area contributed by atoms with Crippen LogP contribution in [0.15, 0.2) is 36.4 Å². The van der Waals surface area contributed by atoms with E-state index in [4.69, 9.17) is 5.73 Å². The van der Waals surface area contributed by atoms with Crippen molar-refractivity contribution in [1.82, 2.24) is 0 Å². The van der Waals surface area contributed by atoms with Crippen molar-refractivity contribution in [3.05, 3.63) is 47.5 Å². The van der Waals surface area contributed by atoms with Crippen LogP contribution < -0.4 is 5.73 Å². The largest absolute Gasteiger partial charge is 0.327 e. The van der Waals surface area contributed by atoms with Crippen LogP contribution in [0.5, 0.6) is 0 Å². The summed E-state index contributed by atoms with van der Waals surface area (Å²) in [6.45, 7) is 16.5. The lowest BCUT2D eigenvalue weighted by Crippen LogP contribution is -2.42. The van der Waals surface area contributed by atoms with Crippen LogP contribution >= 0.6 is 12.4 Å². The lowest BCUT2D eigenvalue weighted by atomic mass is 9.60. The van der Waals surface area contributed by atoms with Gasteiger partial charge in [0.25, 0.3) is 0 Å². The molecule has 2 saturated carbocycles. The fraction of sp³-hybridized carbons (Fsp3) is 0.704. The maximum absolute atomic E-state index is 6.47. The van der Waals surface area contributed by atoms with Crippen molar-refractivity contribution in [2.24, 2.45) is 22.0 Å². The van der Waals surface area contributed by atoms with Gasteiger partial charge in [-0.3, -0.25) is 0 Å². The SMILES string of the molecule is C=C(Cc1ccc(C2CC(C)(C)CC(C)(C)C2)cc1)C1(C(C)N)CCCCC1.Cl. The second-order valence-electron chi connectivity index (χ2n) is 11.6. The molecule has 0 heterocycles. The smallest absolute Gasteiger partial charge is 0.0104 e. The van der Waals surface area contributed by atoms with Gasteiger partial charge in [-0.25, -0.2) is 0 Å². The quantitative estimate of drug-likeness (QED) is 0.485. The van der Waals surface area contributed by atoms with Gasteiger partial charge in [-0.2, -0.15) is 0 Å². The van der Waals surface area contributed by atoms with Crippen LogP contribution in [0.4, 0.5) is 0 Å². The first-order chi connectivity index (χ1) is 13.0. The molecule has 0 amide bonds. The highest BCUT2D eigenvalue weighted by atomic mass is 35.5. The van der Waals surface area contributed by atoms with Gasteiger partial charge < -0.3 is 5.73 Å². The van der Waals surface area contributed by atoms with Gasteiger partial charge in [-0.05, 0) is 73.3 Å². The highest BCUT2D eigenvalue weighted by molar-refractivity contribution is 5.85. The van der Waals surface area contributed by atoms with Crippen molar-refractivity contribution in [2.75, 3.05) is 0 Å². The lowest BCUT2D eigenvalue weighted by molar-refractivity contribution is 0.0969. The van der Waals surface area contributed by atoms with E-state index in [0.29, 0.717) is 16.7 Å². The Labute approximate surface area is 186 Å². The summed E-state index contributed by atoms with van der Waals surface area (Å²) in [4.78, 5) is 0. The number of nitrogens with two attached hydrogens (primary N) is 1. The molecule has 29 heavy (non-hydrogen) atoms. The zero-order valence-electron chi connectivity index (χ0n) is 19.5.